The number of nitriles is 1. The summed E-state index contributed by atoms with van der Waals surface area (Å²) in [6.07, 6.45) is 0.840. The SMILES string of the molecule is COc1ccc(OC)c(C2C(C#N)=C(N)N(c3nnc(SCC(=O)Nc4ccccc4)s3)C3=C2C(=O)CC(C)(C)C3)c1. The van der Waals surface area contributed by atoms with Crippen molar-refractivity contribution in [1.29, 1.82) is 5.26 Å². The smallest absolute Gasteiger partial charge is 0.234 e. The number of para-hydroxylation sites is 1. The second-order valence-corrected chi connectivity index (χ2v) is 12.8. The van der Waals surface area contributed by atoms with Crippen LogP contribution in [0.2, 0.25) is 0 Å². The van der Waals surface area contributed by atoms with Crippen LogP contribution in [0, 0.1) is 16.7 Å². The Morgan fingerprint density at radius 2 is 1.95 bits per heavy atom. The largest absolute Gasteiger partial charge is 0.497 e. The summed E-state index contributed by atoms with van der Waals surface area (Å²) in [6, 6.07) is 16.8. The van der Waals surface area contributed by atoms with Crippen LogP contribution in [0.3, 0.4) is 0 Å². The Labute approximate surface area is 252 Å². The number of carbonyl (C=O) groups excluding carboxylic acids is 2. The summed E-state index contributed by atoms with van der Waals surface area (Å²) in [4.78, 5) is 28.0. The van der Waals surface area contributed by atoms with Gasteiger partial charge in [-0.05, 0) is 42.2 Å². The lowest BCUT2D eigenvalue weighted by Gasteiger charge is -2.42. The molecule has 10 nitrogen and oxygen atoms in total. The number of rotatable bonds is 8. The summed E-state index contributed by atoms with van der Waals surface area (Å²) in [7, 11) is 3.10. The number of nitrogens with two attached hydrogens (primary N) is 1. The highest BCUT2D eigenvalue weighted by atomic mass is 32.2. The zero-order valence-corrected chi connectivity index (χ0v) is 25.3. The van der Waals surface area contributed by atoms with Crippen molar-refractivity contribution in [1.82, 2.24) is 10.2 Å². The van der Waals surface area contributed by atoms with Crippen LogP contribution in [-0.4, -0.2) is 41.9 Å². The molecule has 3 aromatic rings. The summed E-state index contributed by atoms with van der Waals surface area (Å²) < 4.78 is 11.7. The van der Waals surface area contributed by atoms with Crippen molar-refractivity contribution >= 4 is 45.6 Å². The zero-order valence-electron chi connectivity index (χ0n) is 23.6. The van der Waals surface area contributed by atoms with Crippen molar-refractivity contribution in [2.75, 3.05) is 30.2 Å². The first-order valence-electron chi connectivity index (χ1n) is 13.1. The van der Waals surface area contributed by atoms with E-state index in [4.69, 9.17) is 15.2 Å². The van der Waals surface area contributed by atoms with Crippen LogP contribution in [-0.2, 0) is 9.59 Å². The third-order valence-electron chi connectivity index (χ3n) is 7.10. The molecule has 1 unspecified atom stereocenters. The molecule has 2 aliphatic rings. The van der Waals surface area contributed by atoms with Gasteiger partial charge in [0.15, 0.2) is 10.1 Å². The highest BCUT2D eigenvalue weighted by Crippen LogP contribution is 2.52. The molecule has 42 heavy (non-hydrogen) atoms. The van der Waals surface area contributed by atoms with Gasteiger partial charge in [-0.25, -0.2) is 0 Å². The Kier molecular flexibility index (Phi) is 8.24. The van der Waals surface area contributed by atoms with Crippen molar-refractivity contribution in [2.24, 2.45) is 11.1 Å². The number of hydrogen-bond acceptors (Lipinski definition) is 11. The number of benzene rings is 2. The van der Waals surface area contributed by atoms with Crippen LogP contribution in [0.15, 0.2) is 75.5 Å². The number of methoxy groups -OCH3 is 2. The molecule has 1 aliphatic carbocycles. The minimum atomic E-state index is -0.738. The monoisotopic (exact) mass is 602 g/mol. The van der Waals surface area contributed by atoms with Gasteiger partial charge in [-0.3, -0.25) is 14.5 Å². The molecule has 3 N–H and O–H groups in total. The van der Waals surface area contributed by atoms with Gasteiger partial charge < -0.3 is 20.5 Å². The topological polar surface area (TPSA) is 143 Å². The molecule has 2 heterocycles. The number of hydrogen-bond donors (Lipinski definition) is 2. The van der Waals surface area contributed by atoms with Gasteiger partial charge in [-0.2, -0.15) is 5.26 Å². The van der Waals surface area contributed by atoms with Crippen LogP contribution < -0.4 is 25.4 Å². The number of nitrogens with zero attached hydrogens (tertiary/aromatic N) is 4. The van der Waals surface area contributed by atoms with Crippen LogP contribution >= 0.6 is 23.1 Å². The molecule has 0 saturated carbocycles. The minimum absolute atomic E-state index is 0.0712. The van der Waals surface area contributed by atoms with Crippen molar-refractivity contribution < 1.29 is 19.1 Å². The maximum Gasteiger partial charge on any atom is 0.234 e. The van der Waals surface area contributed by atoms with E-state index in [9.17, 15) is 14.9 Å². The fourth-order valence-electron chi connectivity index (χ4n) is 5.30. The molecule has 2 aromatic carbocycles. The molecular formula is C30H30N6O4S2. The van der Waals surface area contributed by atoms with Gasteiger partial charge in [0.2, 0.25) is 11.0 Å². The van der Waals surface area contributed by atoms with Gasteiger partial charge in [0.05, 0.1) is 37.5 Å². The van der Waals surface area contributed by atoms with Gasteiger partial charge in [0.25, 0.3) is 0 Å². The highest BCUT2D eigenvalue weighted by molar-refractivity contribution is 8.01. The molecule has 1 amide bonds. The van der Waals surface area contributed by atoms with Crippen LogP contribution in [0.1, 0.15) is 38.2 Å². The van der Waals surface area contributed by atoms with Crippen molar-refractivity contribution in [3.8, 4) is 17.6 Å². The standard InChI is InChI=1S/C30H30N6O4S2/c1-30(2)13-21-26(22(37)14-30)25(19-12-18(39-3)10-11-23(19)40-4)20(15-31)27(32)36(21)28-34-35-29(42-28)41-16-24(38)33-17-8-6-5-7-9-17/h5-12,25H,13-14,16,32H2,1-4H3,(H,33,38). The predicted molar refractivity (Wildman–Crippen MR) is 162 cm³/mol. The van der Waals surface area contributed by atoms with E-state index in [2.05, 4.69) is 21.6 Å². The maximum atomic E-state index is 13.8. The Hall–Kier alpha value is -4.34. The van der Waals surface area contributed by atoms with Crippen molar-refractivity contribution in [3.05, 3.63) is 76.8 Å². The quantitative estimate of drug-likeness (QED) is 0.329. The normalized spacial score (nSPS) is 17.9. The number of carbonyl (C=O) groups is 2. The van der Waals surface area contributed by atoms with Gasteiger partial charge in [-0.15, -0.1) is 10.2 Å². The molecule has 216 valence electrons. The Bertz CT molecular complexity index is 1640. The van der Waals surface area contributed by atoms with E-state index >= 15 is 0 Å². The number of nitrogens with one attached hydrogen (secondary N) is 1. The molecule has 0 fully saturated rings. The average molecular weight is 603 g/mol. The van der Waals surface area contributed by atoms with E-state index < -0.39 is 5.92 Å². The van der Waals surface area contributed by atoms with E-state index in [0.717, 1.165) is 0 Å². The third kappa shape index (κ3) is 5.70. The number of allylic oxidation sites excluding steroid dienone is 3. The molecule has 12 heteroatoms. The summed E-state index contributed by atoms with van der Waals surface area (Å²) >= 11 is 2.49. The Balaban J connectivity index is 1.53. The van der Waals surface area contributed by atoms with Crippen molar-refractivity contribution in [3.63, 3.8) is 0 Å². The highest BCUT2D eigenvalue weighted by Gasteiger charge is 2.46. The summed E-state index contributed by atoms with van der Waals surface area (Å²) in [5.41, 5.74) is 9.10. The summed E-state index contributed by atoms with van der Waals surface area (Å²) in [5, 5.41) is 22.3. The van der Waals surface area contributed by atoms with Gasteiger partial charge >= 0.3 is 0 Å². The zero-order chi connectivity index (χ0) is 30.0. The average Bonchev–Trinajstić information content (AvgIpc) is 3.43. The number of aromatic nitrogens is 2. The first-order chi connectivity index (χ1) is 20.2. The molecule has 1 atom stereocenters. The lowest BCUT2D eigenvalue weighted by molar-refractivity contribution is -0.118. The molecule has 0 bridgehead atoms. The van der Waals surface area contributed by atoms with E-state index in [0.29, 0.717) is 56.3 Å². The van der Waals surface area contributed by atoms with Crippen molar-refractivity contribution in [2.45, 2.75) is 36.9 Å². The number of amides is 1. The fraction of sp³-hybridized carbons (Fsp3) is 0.300. The lowest BCUT2D eigenvalue weighted by Crippen LogP contribution is -2.42. The number of anilines is 2. The molecule has 0 saturated heterocycles. The molecule has 1 aromatic heterocycles. The molecular weight excluding hydrogens is 573 g/mol. The number of ether oxygens (including phenoxy) is 2. The Morgan fingerprint density at radius 1 is 1.19 bits per heavy atom. The minimum Gasteiger partial charge on any atom is -0.497 e. The molecule has 0 spiro atoms. The van der Waals surface area contributed by atoms with E-state index in [1.807, 2.05) is 44.2 Å². The molecule has 0 radical (unpaired) electrons. The van der Waals surface area contributed by atoms with E-state index in [-0.39, 0.29) is 34.3 Å². The van der Waals surface area contributed by atoms with Crippen LogP contribution in [0.25, 0.3) is 0 Å². The first kappa shape index (κ1) is 29.2. The second kappa shape index (κ2) is 11.9. The van der Waals surface area contributed by atoms with Crippen LogP contribution in [0.5, 0.6) is 11.5 Å². The van der Waals surface area contributed by atoms with Gasteiger partial charge in [0.1, 0.15) is 17.3 Å². The number of Topliss-reactive ketones (excluding diaryl/α,β-unsaturated/α-hetero) is 1. The predicted octanol–water partition coefficient (Wildman–Crippen LogP) is 5.23. The second-order valence-electron chi connectivity index (χ2n) is 10.6. The molecule has 5 rings (SSSR count). The number of thioether (sulfide) groups is 1. The maximum absolute atomic E-state index is 13.8. The fourth-order valence-corrected chi connectivity index (χ4v) is 6.98. The Morgan fingerprint density at radius 3 is 2.64 bits per heavy atom. The van der Waals surface area contributed by atoms with Gasteiger partial charge in [-0.1, -0.05) is 55.1 Å². The summed E-state index contributed by atoms with van der Waals surface area (Å²) in [5.74, 6) is 0.407. The summed E-state index contributed by atoms with van der Waals surface area (Å²) in [6.45, 7) is 4.06. The molecule has 1 aliphatic heterocycles. The van der Waals surface area contributed by atoms with E-state index in [1.165, 1.54) is 23.1 Å². The first-order valence-corrected chi connectivity index (χ1v) is 14.9. The number of ketones is 1. The lowest BCUT2D eigenvalue weighted by atomic mass is 9.68. The van der Waals surface area contributed by atoms with Crippen LogP contribution in [0.4, 0.5) is 10.8 Å². The van der Waals surface area contributed by atoms with E-state index in [1.54, 1.807) is 37.3 Å². The van der Waals surface area contributed by atoms with Gasteiger partial charge in [0, 0.05) is 28.9 Å². The third-order valence-corrected chi connectivity index (χ3v) is 9.14.